The van der Waals surface area contributed by atoms with Gasteiger partial charge in [-0.1, -0.05) is 44.0 Å². The molecule has 2 aromatic rings. The first kappa shape index (κ1) is 12.4. The molecular formula is C13H13Br2N3. The second-order valence-electron chi connectivity index (χ2n) is 4.59. The van der Waals surface area contributed by atoms with Crippen LogP contribution in [0.15, 0.2) is 22.7 Å². The van der Waals surface area contributed by atoms with E-state index in [-0.39, 0.29) is 0 Å². The number of hydrogen-bond acceptors (Lipinski definition) is 2. The highest BCUT2D eigenvalue weighted by Crippen LogP contribution is 2.40. The average molecular weight is 371 g/mol. The Morgan fingerprint density at radius 3 is 2.78 bits per heavy atom. The van der Waals surface area contributed by atoms with Crippen molar-refractivity contribution >= 4 is 31.9 Å². The SMILES string of the molecule is Cc1c(Br)cccc1-c1nnc(CBr)n1C1CC1. The molecule has 1 aliphatic rings. The van der Waals surface area contributed by atoms with Gasteiger partial charge in [0.15, 0.2) is 5.82 Å². The Hall–Kier alpha value is -0.680. The molecule has 0 radical (unpaired) electrons. The Bertz CT molecular complexity index is 588. The molecule has 0 bridgehead atoms. The zero-order valence-corrected chi connectivity index (χ0v) is 13.2. The summed E-state index contributed by atoms with van der Waals surface area (Å²) in [6.45, 7) is 2.11. The Morgan fingerprint density at radius 1 is 1.33 bits per heavy atom. The van der Waals surface area contributed by atoms with E-state index in [4.69, 9.17) is 0 Å². The second kappa shape index (κ2) is 4.78. The van der Waals surface area contributed by atoms with Gasteiger partial charge in [0.2, 0.25) is 0 Å². The van der Waals surface area contributed by atoms with Crippen LogP contribution in [0, 0.1) is 6.92 Å². The second-order valence-corrected chi connectivity index (χ2v) is 6.00. The number of rotatable bonds is 3. The minimum atomic E-state index is 0.584. The van der Waals surface area contributed by atoms with Gasteiger partial charge in [-0.3, -0.25) is 0 Å². The topological polar surface area (TPSA) is 30.7 Å². The Labute approximate surface area is 123 Å². The molecule has 0 spiro atoms. The van der Waals surface area contributed by atoms with E-state index in [1.807, 2.05) is 6.07 Å². The molecule has 0 atom stereocenters. The van der Waals surface area contributed by atoms with E-state index in [2.05, 4.69) is 65.7 Å². The summed E-state index contributed by atoms with van der Waals surface area (Å²) in [5.74, 6) is 2.01. The molecule has 3 rings (SSSR count). The van der Waals surface area contributed by atoms with E-state index < -0.39 is 0 Å². The van der Waals surface area contributed by atoms with Crippen LogP contribution in [-0.2, 0) is 5.33 Å². The summed E-state index contributed by atoms with van der Waals surface area (Å²) in [7, 11) is 0. The summed E-state index contributed by atoms with van der Waals surface area (Å²) < 4.78 is 3.40. The number of alkyl halides is 1. The number of hydrogen-bond donors (Lipinski definition) is 0. The van der Waals surface area contributed by atoms with Gasteiger partial charge in [0.05, 0.1) is 5.33 Å². The van der Waals surface area contributed by atoms with E-state index in [0.717, 1.165) is 27.0 Å². The minimum absolute atomic E-state index is 0.584. The van der Waals surface area contributed by atoms with E-state index in [9.17, 15) is 0 Å². The van der Waals surface area contributed by atoms with Crippen LogP contribution >= 0.6 is 31.9 Å². The molecule has 0 saturated heterocycles. The van der Waals surface area contributed by atoms with Crippen LogP contribution in [0.2, 0.25) is 0 Å². The average Bonchev–Trinajstić information content (AvgIpc) is 3.12. The third-order valence-corrected chi connectivity index (χ3v) is 4.67. The van der Waals surface area contributed by atoms with Crippen molar-refractivity contribution in [2.75, 3.05) is 0 Å². The first-order chi connectivity index (χ1) is 8.72. The van der Waals surface area contributed by atoms with Crippen molar-refractivity contribution in [1.29, 1.82) is 0 Å². The Morgan fingerprint density at radius 2 is 2.11 bits per heavy atom. The van der Waals surface area contributed by atoms with Gasteiger partial charge < -0.3 is 4.57 Å². The zero-order valence-electron chi connectivity index (χ0n) is 10.0. The maximum Gasteiger partial charge on any atom is 0.164 e. The molecule has 1 saturated carbocycles. The fourth-order valence-electron chi connectivity index (χ4n) is 2.16. The predicted octanol–water partition coefficient (Wildman–Crippen LogP) is 4.25. The van der Waals surface area contributed by atoms with Crippen molar-refractivity contribution in [3.63, 3.8) is 0 Å². The fourth-order valence-corrected chi connectivity index (χ4v) is 2.91. The van der Waals surface area contributed by atoms with Crippen LogP contribution in [0.5, 0.6) is 0 Å². The summed E-state index contributed by atoms with van der Waals surface area (Å²) >= 11 is 7.07. The van der Waals surface area contributed by atoms with Crippen LogP contribution in [0.4, 0.5) is 0 Å². The maximum absolute atomic E-state index is 4.38. The van der Waals surface area contributed by atoms with Gasteiger partial charge in [-0.05, 0) is 31.4 Å². The molecule has 0 amide bonds. The molecule has 1 aromatic carbocycles. The van der Waals surface area contributed by atoms with Crippen LogP contribution in [0.1, 0.15) is 30.3 Å². The van der Waals surface area contributed by atoms with E-state index >= 15 is 0 Å². The molecule has 1 aromatic heterocycles. The first-order valence-electron chi connectivity index (χ1n) is 5.97. The largest absolute Gasteiger partial charge is 0.307 e. The number of nitrogens with zero attached hydrogens (tertiary/aromatic N) is 3. The molecule has 1 heterocycles. The standard InChI is InChI=1S/C13H13Br2N3/c1-8-10(3-2-4-11(8)15)13-17-16-12(7-14)18(13)9-5-6-9/h2-4,9H,5-7H2,1H3. The van der Waals surface area contributed by atoms with Crippen LogP contribution in [-0.4, -0.2) is 14.8 Å². The van der Waals surface area contributed by atoms with Crippen molar-refractivity contribution in [1.82, 2.24) is 14.8 Å². The Kier molecular flexibility index (Phi) is 3.28. The fraction of sp³-hybridized carbons (Fsp3) is 0.385. The highest BCUT2D eigenvalue weighted by molar-refractivity contribution is 9.10. The van der Waals surface area contributed by atoms with Crippen molar-refractivity contribution in [2.45, 2.75) is 31.1 Å². The van der Waals surface area contributed by atoms with Gasteiger partial charge in [-0.2, -0.15) is 0 Å². The highest BCUT2D eigenvalue weighted by atomic mass is 79.9. The van der Waals surface area contributed by atoms with Crippen molar-refractivity contribution < 1.29 is 0 Å². The van der Waals surface area contributed by atoms with Crippen molar-refractivity contribution in [2.24, 2.45) is 0 Å². The van der Waals surface area contributed by atoms with Crippen molar-refractivity contribution in [3.8, 4) is 11.4 Å². The lowest BCUT2D eigenvalue weighted by Gasteiger charge is -2.10. The monoisotopic (exact) mass is 369 g/mol. The van der Waals surface area contributed by atoms with Gasteiger partial charge in [0.25, 0.3) is 0 Å². The Balaban J connectivity index is 2.17. The van der Waals surface area contributed by atoms with Gasteiger partial charge in [-0.15, -0.1) is 10.2 Å². The third-order valence-electron chi connectivity index (χ3n) is 3.31. The highest BCUT2D eigenvalue weighted by Gasteiger charge is 2.29. The third kappa shape index (κ3) is 2.03. The van der Waals surface area contributed by atoms with Gasteiger partial charge >= 0.3 is 0 Å². The summed E-state index contributed by atoms with van der Waals surface area (Å²) in [4.78, 5) is 0. The van der Waals surface area contributed by atoms with Crippen molar-refractivity contribution in [3.05, 3.63) is 34.1 Å². The molecule has 0 aliphatic heterocycles. The lowest BCUT2D eigenvalue weighted by atomic mass is 10.1. The van der Waals surface area contributed by atoms with Gasteiger partial charge in [0.1, 0.15) is 5.82 Å². The summed E-state index contributed by atoms with van der Waals surface area (Å²) in [6, 6.07) is 6.80. The lowest BCUT2D eigenvalue weighted by Crippen LogP contribution is -2.02. The number of halogens is 2. The molecule has 5 heteroatoms. The molecule has 1 fully saturated rings. The number of aromatic nitrogens is 3. The quantitative estimate of drug-likeness (QED) is 0.756. The zero-order chi connectivity index (χ0) is 12.7. The molecule has 1 aliphatic carbocycles. The normalized spacial score (nSPS) is 15.1. The molecule has 3 nitrogen and oxygen atoms in total. The first-order valence-corrected chi connectivity index (χ1v) is 7.89. The molecule has 18 heavy (non-hydrogen) atoms. The van der Waals surface area contributed by atoms with E-state index in [1.54, 1.807) is 0 Å². The maximum atomic E-state index is 4.38. The summed E-state index contributed by atoms with van der Waals surface area (Å²) in [5, 5.41) is 9.43. The van der Waals surface area contributed by atoms with Crippen LogP contribution < -0.4 is 0 Å². The smallest absolute Gasteiger partial charge is 0.164 e. The van der Waals surface area contributed by atoms with Crippen LogP contribution in [0.3, 0.4) is 0 Å². The minimum Gasteiger partial charge on any atom is -0.307 e. The van der Waals surface area contributed by atoms with Gasteiger partial charge in [-0.25, -0.2) is 0 Å². The van der Waals surface area contributed by atoms with Gasteiger partial charge in [0, 0.05) is 16.1 Å². The summed E-state index contributed by atoms with van der Waals surface area (Å²) in [5.41, 5.74) is 2.38. The molecule has 94 valence electrons. The lowest BCUT2D eigenvalue weighted by molar-refractivity contribution is 0.714. The number of benzene rings is 1. The van der Waals surface area contributed by atoms with Crippen LogP contribution in [0.25, 0.3) is 11.4 Å². The molecule has 0 unspecified atom stereocenters. The predicted molar refractivity (Wildman–Crippen MR) is 78.8 cm³/mol. The molecular weight excluding hydrogens is 358 g/mol. The molecule has 0 N–H and O–H groups in total. The van der Waals surface area contributed by atoms with E-state index in [1.165, 1.54) is 18.4 Å². The van der Waals surface area contributed by atoms with E-state index in [0.29, 0.717) is 6.04 Å². The summed E-state index contributed by atoms with van der Waals surface area (Å²) in [6.07, 6.45) is 2.47.